The zero-order valence-electron chi connectivity index (χ0n) is 11.3. The first-order chi connectivity index (χ1) is 8.18. The van der Waals surface area contributed by atoms with E-state index in [0.717, 1.165) is 12.0 Å². The van der Waals surface area contributed by atoms with Gasteiger partial charge in [-0.1, -0.05) is 13.0 Å². The van der Waals surface area contributed by atoms with Gasteiger partial charge in [-0.25, -0.2) is 0 Å². The van der Waals surface area contributed by atoms with Crippen molar-refractivity contribution in [3.05, 3.63) is 30.1 Å². The molecule has 1 unspecified atom stereocenters. The fourth-order valence-electron chi connectivity index (χ4n) is 2.80. The third kappa shape index (κ3) is 3.06. The molecule has 2 heteroatoms. The molecule has 2 nitrogen and oxygen atoms in total. The van der Waals surface area contributed by atoms with Crippen molar-refractivity contribution in [3.63, 3.8) is 0 Å². The SMILES string of the molecule is CC(c1ccccn1)N(C)[C@H]1CC[C@@H](C)CC1. The Labute approximate surface area is 105 Å². The van der Waals surface area contributed by atoms with Gasteiger partial charge in [0.25, 0.3) is 0 Å². The number of hydrogen-bond acceptors (Lipinski definition) is 2. The summed E-state index contributed by atoms with van der Waals surface area (Å²) in [5.74, 6) is 0.921. The van der Waals surface area contributed by atoms with E-state index in [9.17, 15) is 0 Å². The van der Waals surface area contributed by atoms with Crippen LogP contribution in [0.25, 0.3) is 0 Å². The van der Waals surface area contributed by atoms with E-state index in [1.165, 1.54) is 31.4 Å². The third-order valence-electron chi connectivity index (χ3n) is 4.29. The summed E-state index contributed by atoms with van der Waals surface area (Å²) in [6, 6.07) is 7.36. The lowest BCUT2D eigenvalue weighted by atomic mass is 9.86. The summed E-state index contributed by atoms with van der Waals surface area (Å²) in [6.45, 7) is 4.64. The zero-order valence-corrected chi connectivity index (χ0v) is 11.3. The van der Waals surface area contributed by atoms with Gasteiger partial charge >= 0.3 is 0 Å². The van der Waals surface area contributed by atoms with Crippen molar-refractivity contribution in [2.75, 3.05) is 7.05 Å². The van der Waals surface area contributed by atoms with Crippen LogP contribution in [0.5, 0.6) is 0 Å². The summed E-state index contributed by atoms with van der Waals surface area (Å²) in [7, 11) is 2.25. The molecule has 1 heterocycles. The molecule has 0 amide bonds. The van der Waals surface area contributed by atoms with E-state index in [4.69, 9.17) is 0 Å². The highest BCUT2D eigenvalue weighted by Gasteiger charge is 2.25. The van der Waals surface area contributed by atoms with E-state index in [2.05, 4.69) is 42.9 Å². The highest BCUT2D eigenvalue weighted by molar-refractivity contribution is 5.08. The molecule has 1 aliphatic rings. The molecule has 1 aromatic rings. The number of rotatable bonds is 3. The van der Waals surface area contributed by atoms with Crippen molar-refractivity contribution in [1.29, 1.82) is 0 Å². The summed E-state index contributed by atoms with van der Waals surface area (Å²) in [6.07, 6.45) is 7.33. The van der Waals surface area contributed by atoms with Gasteiger partial charge in [0, 0.05) is 18.3 Å². The fourth-order valence-corrected chi connectivity index (χ4v) is 2.80. The van der Waals surface area contributed by atoms with Crippen molar-refractivity contribution in [3.8, 4) is 0 Å². The second-order valence-corrected chi connectivity index (χ2v) is 5.51. The van der Waals surface area contributed by atoms with Crippen LogP contribution in [0.3, 0.4) is 0 Å². The summed E-state index contributed by atoms with van der Waals surface area (Å²) in [4.78, 5) is 6.98. The lowest BCUT2D eigenvalue weighted by molar-refractivity contribution is 0.129. The van der Waals surface area contributed by atoms with Crippen molar-refractivity contribution < 1.29 is 0 Å². The van der Waals surface area contributed by atoms with Crippen LogP contribution < -0.4 is 0 Å². The molecule has 1 aliphatic carbocycles. The smallest absolute Gasteiger partial charge is 0.0572 e. The van der Waals surface area contributed by atoms with Gasteiger partial charge in [-0.15, -0.1) is 0 Å². The van der Waals surface area contributed by atoms with Crippen LogP contribution in [0.2, 0.25) is 0 Å². The molecule has 0 saturated heterocycles. The second-order valence-electron chi connectivity index (χ2n) is 5.51. The first-order valence-electron chi connectivity index (χ1n) is 6.81. The topological polar surface area (TPSA) is 16.1 Å². The van der Waals surface area contributed by atoms with Gasteiger partial charge in [-0.3, -0.25) is 9.88 Å². The van der Waals surface area contributed by atoms with Crippen molar-refractivity contribution in [2.45, 2.75) is 51.6 Å². The van der Waals surface area contributed by atoms with Crippen molar-refractivity contribution in [2.24, 2.45) is 5.92 Å². The van der Waals surface area contributed by atoms with Gasteiger partial charge in [0.2, 0.25) is 0 Å². The molecule has 0 radical (unpaired) electrons. The molecule has 0 aromatic carbocycles. The van der Waals surface area contributed by atoms with E-state index < -0.39 is 0 Å². The first-order valence-corrected chi connectivity index (χ1v) is 6.81. The quantitative estimate of drug-likeness (QED) is 0.790. The minimum Gasteiger partial charge on any atom is -0.295 e. The van der Waals surface area contributed by atoms with Gasteiger partial charge in [-0.2, -0.15) is 0 Å². The zero-order chi connectivity index (χ0) is 12.3. The molecule has 0 aliphatic heterocycles. The number of nitrogens with zero attached hydrogens (tertiary/aromatic N) is 2. The van der Waals surface area contributed by atoms with Crippen molar-refractivity contribution >= 4 is 0 Å². The molecule has 1 aromatic heterocycles. The number of pyridine rings is 1. The Morgan fingerprint density at radius 1 is 1.24 bits per heavy atom. The summed E-state index contributed by atoms with van der Waals surface area (Å²) < 4.78 is 0. The van der Waals surface area contributed by atoms with Gasteiger partial charge in [0.15, 0.2) is 0 Å². The standard InChI is InChI=1S/C15H24N2/c1-12-7-9-14(10-8-12)17(3)13(2)15-6-4-5-11-16-15/h4-6,11-14H,7-10H2,1-3H3/t12-,13?,14+. The largest absolute Gasteiger partial charge is 0.295 e. The van der Waals surface area contributed by atoms with E-state index in [1.54, 1.807) is 0 Å². The van der Waals surface area contributed by atoms with E-state index >= 15 is 0 Å². The second kappa shape index (κ2) is 5.63. The summed E-state index contributed by atoms with van der Waals surface area (Å²) in [5, 5.41) is 0. The summed E-state index contributed by atoms with van der Waals surface area (Å²) >= 11 is 0. The number of aromatic nitrogens is 1. The average Bonchev–Trinajstić information content (AvgIpc) is 2.39. The van der Waals surface area contributed by atoms with Gasteiger partial charge < -0.3 is 0 Å². The molecule has 2 rings (SSSR count). The van der Waals surface area contributed by atoms with E-state index in [-0.39, 0.29) is 0 Å². The normalized spacial score (nSPS) is 27.1. The Kier molecular flexibility index (Phi) is 4.16. The van der Waals surface area contributed by atoms with Crippen LogP contribution in [0.15, 0.2) is 24.4 Å². The molecule has 1 saturated carbocycles. The monoisotopic (exact) mass is 232 g/mol. The van der Waals surface area contributed by atoms with E-state index in [1.807, 2.05) is 12.3 Å². The summed E-state index contributed by atoms with van der Waals surface area (Å²) in [5.41, 5.74) is 1.19. The molecular weight excluding hydrogens is 208 g/mol. The van der Waals surface area contributed by atoms with Crippen LogP contribution in [0, 0.1) is 5.92 Å². The van der Waals surface area contributed by atoms with Gasteiger partial charge in [0.05, 0.1) is 5.69 Å². The third-order valence-corrected chi connectivity index (χ3v) is 4.29. The Morgan fingerprint density at radius 2 is 1.94 bits per heavy atom. The van der Waals surface area contributed by atoms with Crippen LogP contribution in [-0.4, -0.2) is 23.0 Å². The lowest BCUT2D eigenvalue weighted by Gasteiger charge is -2.37. The van der Waals surface area contributed by atoms with Gasteiger partial charge in [-0.05, 0) is 57.7 Å². The molecule has 0 spiro atoms. The Morgan fingerprint density at radius 3 is 2.53 bits per heavy atom. The fraction of sp³-hybridized carbons (Fsp3) is 0.667. The number of hydrogen-bond donors (Lipinski definition) is 0. The molecule has 17 heavy (non-hydrogen) atoms. The molecule has 1 atom stereocenters. The maximum Gasteiger partial charge on any atom is 0.0572 e. The van der Waals surface area contributed by atoms with E-state index in [0.29, 0.717) is 6.04 Å². The van der Waals surface area contributed by atoms with Crippen LogP contribution >= 0.6 is 0 Å². The molecule has 0 bridgehead atoms. The molecule has 1 fully saturated rings. The Balaban J connectivity index is 1.98. The first kappa shape index (κ1) is 12.6. The van der Waals surface area contributed by atoms with Gasteiger partial charge in [0.1, 0.15) is 0 Å². The van der Waals surface area contributed by atoms with Crippen LogP contribution in [-0.2, 0) is 0 Å². The predicted molar refractivity (Wildman–Crippen MR) is 71.8 cm³/mol. The maximum atomic E-state index is 4.47. The van der Waals surface area contributed by atoms with Crippen LogP contribution in [0.1, 0.15) is 51.3 Å². The minimum absolute atomic E-state index is 0.426. The maximum absolute atomic E-state index is 4.47. The van der Waals surface area contributed by atoms with Crippen LogP contribution in [0.4, 0.5) is 0 Å². The predicted octanol–water partition coefficient (Wildman–Crippen LogP) is 3.65. The Hall–Kier alpha value is -0.890. The molecule has 0 N–H and O–H groups in total. The average molecular weight is 232 g/mol. The lowest BCUT2D eigenvalue weighted by Crippen LogP contribution is -2.36. The minimum atomic E-state index is 0.426. The van der Waals surface area contributed by atoms with Crippen molar-refractivity contribution in [1.82, 2.24) is 9.88 Å². The highest BCUT2D eigenvalue weighted by atomic mass is 15.2. The highest BCUT2D eigenvalue weighted by Crippen LogP contribution is 2.30. The Bertz CT molecular complexity index is 328. The molecule has 94 valence electrons. The molecular formula is C15H24N2.